The first-order valence-electron chi connectivity index (χ1n) is 7.17. The highest BCUT2D eigenvalue weighted by Gasteiger charge is 2.50. The summed E-state index contributed by atoms with van der Waals surface area (Å²) in [6, 6.07) is 8.80. The predicted molar refractivity (Wildman–Crippen MR) is 75.9 cm³/mol. The Morgan fingerprint density at radius 3 is 2.68 bits per heavy atom. The number of rotatable bonds is 2. The van der Waals surface area contributed by atoms with E-state index in [1.165, 1.54) is 11.1 Å². The molecule has 2 N–H and O–H groups in total. The number of benzene rings is 1. The zero-order valence-corrected chi connectivity index (χ0v) is 11.7. The van der Waals surface area contributed by atoms with E-state index in [2.05, 4.69) is 38.1 Å². The standard InChI is InChI=1S/C16H22N2O/c1-11-5-3-4-6-14(11)13-9-12(2)18(10-13)15(19)16(17)7-8-16/h3-6,12-13H,7-10,17H2,1-2H3/t12-,13-/m0/s1. The van der Waals surface area contributed by atoms with Gasteiger partial charge in [0.15, 0.2) is 0 Å². The van der Waals surface area contributed by atoms with Gasteiger partial charge in [0.05, 0.1) is 5.54 Å². The molecular weight excluding hydrogens is 236 g/mol. The Balaban J connectivity index is 1.78. The molecule has 3 rings (SSSR count). The Kier molecular flexibility index (Phi) is 2.90. The van der Waals surface area contributed by atoms with Crippen molar-refractivity contribution in [3.63, 3.8) is 0 Å². The maximum absolute atomic E-state index is 12.4. The van der Waals surface area contributed by atoms with E-state index in [0.717, 1.165) is 25.8 Å². The van der Waals surface area contributed by atoms with Crippen molar-refractivity contribution in [2.45, 2.75) is 50.6 Å². The quantitative estimate of drug-likeness (QED) is 0.884. The van der Waals surface area contributed by atoms with Crippen LogP contribution in [0.4, 0.5) is 0 Å². The van der Waals surface area contributed by atoms with Gasteiger partial charge in [-0.3, -0.25) is 4.79 Å². The molecule has 1 amide bonds. The second-order valence-corrected chi connectivity index (χ2v) is 6.25. The number of nitrogens with zero attached hydrogens (tertiary/aromatic N) is 1. The van der Waals surface area contributed by atoms with Crippen molar-refractivity contribution in [2.75, 3.05) is 6.54 Å². The van der Waals surface area contributed by atoms with Crippen molar-refractivity contribution in [2.24, 2.45) is 5.73 Å². The average molecular weight is 258 g/mol. The molecule has 2 fully saturated rings. The Hall–Kier alpha value is -1.35. The first kappa shape index (κ1) is 12.7. The smallest absolute Gasteiger partial charge is 0.242 e. The average Bonchev–Trinajstić information content (AvgIpc) is 3.02. The van der Waals surface area contributed by atoms with Gasteiger partial charge in [-0.2, -0.15) is 0 Å². The van der Waals surface area contributed by atoms with Gasteiger partial charge in [-0.1, -0.05) is 24.3 Å². The number of nitrogens with two attached hydrogens (primary N) is 1. The van der Waals surface area contributed by atoms with Crippen LogP contribution < -0.4 is 5.73 Å². The lowest BCUT2D eigenvalue weighted by Gasteiger charge is -2.24. The van der Waals surface area contributed by atoms with Gasteiger partial charge in [0.25, 0.3) is 0 Å². The molecule has 0 bridgehead atoms. The first-order chi connectivity index (χ1) is 9.01. The van der Waals surface area contributed by atoms with Crippen LogP contribution in [0.15, 0.2) is 24.3 Å². The van der Waals surface area contributed by atoms with Gasteiger partial charge in [-0.15, -0.1) is 0 Å². The molecule has 0 unspecified atom stereocenters. The van der Waals surface area contributed by atoms with Crippen molar-refractivity contribution in [3.05, 3.63) is 35.4 Å². The van der Waals surface area contributed by atoms with Gasteiger partial charge in [0, 0.05) is 18.5 Å². The fraction of sp³-hybridized carbons (Fsp3) is 0.562. The highest BCUT2D eigenvalue weighted by atomic mass is 16.2. The molecule has 3 nitrogen and oxygen atoms in total. The lowest BCUT2D eigenvalue weighted by Crippen LogP contribution is -2.47. The molecule has 1 aliphatic heterocycles. The predicted octanol–water partition coefficient (Wildman–Crippen LogP) is 2.19. The van der Waals surface area contributed by atoms with Gasteiger partial charge in [0.1, 0.15) is 0 Å². The van der Waals surface area contributed by atoms with E-state index in [1.807, 2.05) is 4.90 Å². The summed E-state index contributed by atoms with van der Waals surface area (Å²) < 4.78 is 0. The van der Waals surface area contributed by atoms with Crippen LogP contribution in [-0.4, -0.2) is 28.9 Å². The summed E-state index contributed by atoms with van der Waals surface area (Å²) in [7, 11) is 0. The van der Waals surface area contributed by atoms with Crippen LogP contribution in [0.1, 0.15) is 43.2 Å². The monoisotopic (exact) mass is 258 g/mol. The maximum atomic E-state index is 12.4. The topological polar surface area (TPSA) is 46.3 Å². The number of hydrogen-bond donors (Lipinski definition) is 1. The zero-order chi connectivity index (χ0) is 13.6. The normalized spacial score (nSPS) is 28.5. The minimum absolute atomic E-state index is 0.163. The van der Waals surface area contributed by atoms with Crippen LogP contribution in [0.2, 0.25) is 0 Å². The van der Waals surface area contributed by atoms with Gasteiger partial charge in [-0.25, -0.2) is 0 Å². The van der Waals surface area contributed by atoms with E-state index < -0.39 is 5.54 Å². The number of hydrogen-bond acceptors (Lipinski definition) is 2. The Morgan fingerprint density at radius 2 is 2.05 bits per heavy atom. The number of carbonyl (C=O) groups excluding carboxylic acids is 1. The second kappa shape index (κ2) is 4.34. The van der Waals surface area contributed by atoms with Gasteiger partial charge in [0.2, 0.25) is 5.91 Å². The number of likely N-dealkylation sites (tertiary alicyclic amines) is 1. The minimum Gasteiger partial charge on any atom is -0.338 e. The van der Waals surface area contributed by atoms with E-state index in [0.29, 0.717) is 12.0 Å². The number of aryl methyl sites for hydroxylation is 1. The molecule has 1 saturated carbocycles. The Bertz CT molecular complexity index is 507. The van der Waals surface area contributed by atoms with E-state index in [1.54, 1.807) is 0 Å². The molecule has 1 heterocycles. The molecule has 0 radical (unpaired) electrons. The molecule has 1 aromatic carbocycles. The van der Waals surface area contributed by atoms with Crippen LogP contribution in [0, 0.1) is 6.92 Å². The van der Waals surface area contributed by atoms with E-state index >= 15 is 0 Å². The lowest BCUT2D eigenvalue weighted by atomic mass is 9.93. The van der Waals surface area contributed by atoms with Crippen LogP contribution in [0.3, 0.4) is 0 Å². The van der Waals surface area contributed by atoms with Gasteiger partial charge < -0.3 is 10.6 Å². The summed E-state index contributed by atoms with van der Waals surface area (Å²) in [6.07, 6.45) is 2.75. The van der Waals surface area contributed by atoms with Crippen LogP contribution in [0.25, 0.3) is 0 Å². The maximum Gasteiger partial charge on any atom is 0.242 e. The van der Waals surface area contributed by atoms with E-state index in [-0.39, 0.29) is 5.91 Å². The van der Waals surface area contributed by atoms with Gasteiger partial charge >= 0.3 is 0 Å². The molecule has 2 aliphatic rings. The van der Waals surface area contributed by atoms with Gasteiger partial charge in [-0.05, 0) is 44.2 Å². The van der Waals surface area contributed by atoms with Crippen molar-refractivity contribution in [1.29, 1.82) is 0 Å². The fourth-order valence-corrected chi connectivity index (χ4v) is 3.22. The van der Waals surface area contributed by atoms with Crippen molar-refractivity contribution in [3.8, 4) is 0 Å². The largest absolute Gasteiger partial charge is 0.338 e. The molecule has 1 saturated heterocycles. The third-order valence-corrected chi connectivity index (χ3v) is 4.68. The first-order valence-corrected chi connectivity index (χ1v) is 7.17. The molecule has 3 heteroatoms. The second-order valence-electron chi connectivity index (χ2n) is 6.25. The molecule has 1 aromatic rings. The molecular formula is C16H22N2O. The highest BCUT2D eigenvalue weighted by molar-refractivity contribution is 5.89. The lowest BCUT2D eigenvalue weighted by molar-refractivity contribution is -0.134. The molecule has 0 aromatic heterocycles. The Labute approximate surface area is 114 Å². The van der Waals surface area contributed by atoms with Crippen molar-refractivity contribution >= 4 is 5.91 Å². The van der Waals surface area contributed by atoms with Crippen LogP contribution in [-0.2, 0) is 4.79 Å². The number of carbonyl (C=O) groups is 1. The minimum atomic E-state index is -0.533. The number of amides is 1. The molecule has 0 spiro atoms. The SMILES string of the molecule is Cc1ccccc1[C@H]1C[C@H](C)N(C(=O)C2(N)CC2)C1. The summed E-state index contributed by atoms with van der Waals surface area (Å²) in [4.78, 5) is 14.4. The molecule has 1 aliphatic carbocycles. The molecule has 102 valence electrons. The van der Waals surface area contributed by atoms with Crippen molar-refractivity contribution in [1.82, 2.24) is 4.90 Å². The van der Waals surface area contributed by atoms with Crippen LogP contribution in [0.5, 0.6) is 0 Å². The fourth-order valence-electron chi connectivity index (χ4n) is 3.22. The summed E-state index contributed by atoms with van der Waals surface area (Å²) in [6.45, 7) is 5.11. The summed E-state index contributed by atoms with van der Waals surface area (Å²) in [5.74, 6) is 0.624. The summed E-state index contributed by atoms with van der Waals surface area (Å²) >= 11 is 0. The molecule has 2 atom stereocenters. The third kappa shape index (κ3) is 2.16. The van der Waals surface area contributed by atoms with Crippen molar-refractivity contribution < 1.29 is 4.79 Å². The van der Waals surface area contributed by atoms with Crippen LogP contribution >= 0.6 is 0 Å². The Morgan fingerprint density at radius 1 is 1.37 bits per heavy atom. The van der Waals surface area contributed by atoms with E-state index in [9.17, 15) is 4.79 Å². The highest BCUT2D eigenvalue weighted by Crippen LogP contribution is 2.39. The summed E-state index contributed by atoms with van der Waals surface area (Å²) in [5, 5.41) is 0. The molecule has 19 heavy (non-hydrogen) atoms. The zero-order valence-electron chi connectivity index (χ0n) is 11.7. The third-order valence-electron chi connectivity index (χ3n) is 4.68. The summed E-state index contributed by atoms with van der Waals surface area (Å²) in [5.41, 5.74) is 8.23. The van der Waals surface area contributed by atoms with E-state index in [4.69, 9.17) is 5.73 Å².